The van der Waals surface area contributed by atoms with Crippen LogP contribution in [-0.4, -0.2) is 22.5 Å². The molecule has 0 amide bonds. The van der Waals surface area contributed by atoms with E-state index in [2.05, 4.69) is 10.3 Å². The summed E-state index contributed by atoms with van der Waals surface area (Å²) in [4.78, 5) is 4.13. The van der Waals surface area contributed by atoms with Crippen LogP contribution in [0.3, 0.4) is 0 Å². The lowest BCUT2D eigenvalue weighted by Crippen LogP contribution is -2.43. The number of aromatic nitrogens is 2. The number of fused-ring (bicyclic) bond motifs is 1. The molecule has 1 N–H and O–H groups in total. The molecular weight excluding hydrogens is 243 g/mol. The van der Waals surface area contributed by atoms with Gasteiger partial charge in [-0.05, 0) is 31.1 Å². The zero-order valence-corrected chi connectivity index (χ0v) is 9.54. The molecule has 0 aromatic carbocycles. The topological polar surface area (TPSA) is 29.3 Å². The van der Waals surface area contributed by atoms with E-state index in [0.29, 0.717) is 18.2 Å². The highest BCUT2D eigenvalue weighted by atomic mass is 19.4. The minimum absolute atomic E-state index is 0.132. The Morgan fingerprint density at radius 1 is 1.39 bits per heavy atom. The summed E-state index contributed by atoms with van der Waals surface area (Å²) in [5.74, 6) is 1.17. The maximum Gasteiger partial charge on any atom is 0.418 e. The summed E-state index contributed by atoms with van der Waals surface area (Å²) in [6, 6.07) is 2.51. The molecule has 0 atom stereocenters. The van der Waals surface area contributed by atoms with Crippen LogP contribution in [0.2, 0.25) is 0 Å². The molecule has 1 saturated heterocycles. The standard InChI is InChI=1S/C12H12F3N3/c13-12(14,15)9-2-1-3-18-10(9)7-17-11(18)4-8-5-16-6-8/h1-3,7-8,16H,4-6H2. The summed E-state index contributed by atoms with van der Waals surface area (Å²) in [6.45, 7) is 1.82. The summed E-state index contributed by atoms with van der Waals surface area (Å²) in [5, 5.41) is 3.14. The van der Waals surface area contributed by atoms with Crippen molar-refractivity contribution in [2.45, 2.75) is 12.6 Å². The molecule has 0 unspecified atom stereocenters. The number of alkyl halides is 3. The fourth-order valence-electron chi connectivity index (χ4n) is 2.22. The van der Waals surface area contributed by atoms with Gasteiger partial charge in [-0.25, -0.2) is 4.98 Å². The molecule has 96 valence electrons. The second-order valence-electron chi connectivity index (χ2n) is 4.58. The van der Waals surface area contributed by atoms with Crippen LogP contribution in [0.1, 0.15) is 11.4 Å². The summed E-state index contributed by atoms with van der Waals surface area (Å²) < 4.78 is 40.0. The van der Waals surface area contributed by atoms with E-state index in [1.54, 1.807) is 10.6 Å². The van der Waals surface area contributed by atoms with Gasteiger partial charge in [0.25, 0.3) is 0 Å². The largest absolute Gasteiger partial charge is 0.418 e. The Balaban J connectivity index is 2.03. The Kier molecular flexibility index (Phi) is 2.55. The minimum Gasteiger partial charge on any atom is -0.316 e. The SMILES string of the molecule is FC(F)(F)c1cccn2c(CC3CNC3)ncc12. The van der Waals surface area contributed by atoms with E-state index in [0.717, 1.165) is 19.2 Å². The van der Waals surface area contributed by atoms with E-state index in [1.165, 1.54) is 12.3 Å². The van der Waals surface area contributed by atoms with Crippen LogP contribution in [-0.2, 0) is 12.6 Å². The van der Waals surface area contributed by atoms with Crippen molar-refractivity contribution in [3.63, 3.8) is 0 Å². The van der Waals surface area contributed by atoms with Gasteiger partial charge in [-0.3, -0.25) is 0 Å². The van der Waals surface area contributed by atoms with E-state index in [-0.39, 0.29) is 5.52 Å². The normalized spacial score (nSPS) is 17.1. The van der Waals surface area contributed by atoms with Crippen molar-refractivity contribution in [1.29, 1.82) is 0 Å². The van der Waals surface area contributed by atoms with Crippen molar-refractivity contribution in [1.82, 2.24) is 14.7 Å². The number of nitrogens with zero attached hydrogens (tertiary/aromatic N) is 2. The van der Waals surface area contributed by atoms with Crippen LogP contribution in [0.5, 0.6) is 0 Å². The molecule has 0 bridgehead atoms. The van der Waals surface area contributed by atoms with Crippen LogP contribution >= 0.6 is 0 Å². The number of halogens is 3. The molecule has 3 rings (SSSR count). The van der Waals surface area contributed by atoms with Crippen molar-refractivity contribution in [3.05, 3.63) is 35.9 Å². The fraction of sp³-hybridized carbons (Fsp3) is 0.417. The first-order chi connectivity index (χ1) is 8.55. The lowest BCUT2D eigenvalue weighted by atomic mass is 9.99. The van der Waals surface area contributed by atoms with Crippen molar-refractivity contribution in [2.24, 2.45) is 5.92 Å². The molecule has 1 aliphatic rings. The molecule has 0 radical (unpaired) electrons. The summed E-state index contributed by atoms with van der Waals surface area (Å²) in [7, 11) is 0. The van der Waals surface area contributed by atoms with Crippen molar-refractivity contribution in [3.8, 4) is 0 Å². The van der Waals surface area contributed by atoms with E-state index in [9.17, 15) is 13.2 Å². The second kappa shape index (κ2) is 3.98. The van der Waals surface area contributed by atoms with Crippen molar-refractivity contribution < 1.29 is 13.2 Å². The quantitative estimate of drug-likeness (QED) is 0.890. The van der Waals surface area contributed by atoms with Gasteiger partial charge in [0.1, 0.15) is 5.82 Å². The van der Waals surface area contributed by atoms with Gasteiger partial charge in [0, 0.05) is 12.6 Å². The van der Waals surface area contributed by atoms with Gasteiger partial charge in [-0.1, -0.05) is 0 Å². The third kappa shape index (κ3) is 1.86. The molecule has 2 aromatic heterocycles. The Morgan fingerprint density at radius 3 is 2.78 bits per heavy atom. The molecule has 2 aromatic rings. The first kappa shape index (κ1) is 11.5. The maximum absolute atomic E-state index is 12.8. The summed E-state index contributed by atoms with van der Waals surface area (Å²) in [6.07, 6.45) is -0.677. The fourth-order valence-corrected chi connectivity index (χ4v) is 2.22. The Bertz CT molecular complexity index is 569. The molecule has 3 nitrogen and oxygen atoms in total. The molecule has 1 fully saturated rings. The predicted octanol–water partition coefficient (Wildman–Crippen LogP) is 2.11. The highest BCUT2D eigenvalue weighted by Crippen LogP contribution is 2.32. The number of nitrogens with one attached hydrogen (secondary N) is 1. The molecule has 0 aliphatic carbocycles. The van der Waals surface area contributed by atoms with Gasteiger partial charge in [0.05, 0.1) is 17.3 Å². The first-order valence-electron chi connectivity index (χ1n) is 5.78. The van der Waals surface area contributed by atoms with Gasteiger partial charge in [0.2, 0.25) is 0 Å². The van der Waals surface area contributed by atoms with Gasteiger partial charge in [-0.2, -0.15) is 13.2 Å². The molecule has 18 heavy (non-hydrogen) atoms. The predicted molar refractivity (Wildman–Crippen MR) is 60.3 cm³/mol. The molecule has 0 spiro atoms. The zero-order valence-electron chi connectivity index (χ0n) is 9.54. The molecule has 6 heteroatoms. The molecule has 3 heterocycles. The summed E-state index contributed by atoms with van der Waals surface area (Å²) in [5.41, 5.74) is -0.497. The van der Waals surface area contributed by atoms with Gasteiger partial charge in [0.15, 0.2) is 0 Å². The number of pyridine rings is 1. The number of imidazole rings is 1. The number of hydrogen-bond acceptors (Lipinski definition) is 2. The molecular formula is C12H12F3N3. The van der Waals surface area contributed by atoms with Crippen LogP contribution in [0.15, 0.2) is 24.5 Å². The zero-order chi connectivity index (χ0) is 12.8. The molecule has 1 aliphatic heterocycles. The first-order valence-corrected chi connectivity index (χ1v) is 5.78. The van der Waals surface area contributed by atoms with Gasteiger partial charge < -0.3 is 9.72 Å². The maximum atomic E-state index is 12.8. The Labute approximate surface area is 102 Å². The van der Waals surface area contributed by atoms with Gasteiger partial charge in [-0.15, -0.1) is 0 Å². The average Bonchev–Trinajstić information content (AvgIpc) is 2.65. The number of rotatable bonds is 2. The van der Waals surface area contributed by atoms with E-state index >= 15 is 0 Å². The summed E-state index contributed by atoms with van der Waals surface area (Å²) >= 11 is 0. The highest BCUT2D eigenvalue weighted by Gasteiger charge is 2.33. The van der Waals surface area contributed by atoms with Gasteiger partial charge >= 0.3 is 6.18 Å². The monoisotopic (exact) mass is 255 g/mol. The van der Waals surface area contributed by atoms with Crippen LogP contribution in [0.4, 0.5) is 13.2 Å². The third-order valence-corrected chi connectivity index (χ3v) is 3.29. The smallest absolute Gasteiger partial charge is 0.316 e. The van der Waals surface area contributed by atoms with E-state index in [4.69, 9.17) is 0 Å². The average molecular weight is 255 g/mol. The highest BCUT2D eigenvalue weighted by molar-refractivity contribution is 5.55. The second-order valence-corrected chi connectivity index (χ2v) is 4.58. The minimum atomic E-state index is -4.34. The van der Waals surface area contributed by atoms with Crippen LogP contribution in [0.25, 0.3) is 5.52 Å². The Hall–Kier alpha value is -1.56. The van der Waals surface area contributed by atoms with Crippen molar-refractivity contribution >= 4 is 5.52 Å². The lowest BCUT2D eigenvalue weighted by molar-refractivity contribution is -0.136. The molecule has 0 saturated carbocycles. The lowest BCUT2D eigenvalue weighted by Gasteiger charge is -2.26. The van der Waals surface area contributed by atoms with Crippen molar-refractivity contribution in [2.75, 3.05) is 13.1 Å². The Morgan fingerprint density at radius 2 is 2.17 bits per heavy atom. The third-order valence-electron chi connectivity index (χ3n) is 3.29. The van der Waals surface area contributed by atoms with E-state index < -0.39 is 11.7 Å². The van der Waals surface area contributed by atoms with E-state index in [1.807, 2.05) is 0 Å². The van der Waals surface area contributed by atoms with Crippen LogP contribution in [0, 0.1) is 5.92 Å². The number of hydrogen-bond donors (Lipinski definition) is 1. The van der Waals surface area contributed by atoms with Crippen LogP contribution < -0.4 is 5.32 Å².